The summed E-state index contributed by atoms with van der Waals surface area (Å²) < 4.78 is 1.78. The largest absolute Gasteiger partial charge is 0.392 e. The zero-order valence-electron chi connectivity index (χ0n) is 9.07. The Kier molecular flexibility index (Phi) is 2.14. The number of aromatic nitrogens is 2. The summed E-state index contributed by atoms with van der Waals surface area (Å²) in [6, 6.07) is 1.97. The minimum Gasteiger partial charge on any atom is -0.392 e. The molecule has 1 aliphatic carbocycles. The van der Waals surface area contributed by atoms with Gasteiger partial charge in [-0.15, -0.1) is 0 Å². The van der Waals surface area contributed by atoms with Crippen molar-refractivity contribution in [2.24, 2.45) is 18.4 Å². The summed E-state index contributed by atoms with van der Waals surface area (Å²) in [5.41, 5.74) is 1.33. The summed E-state index contributed by atoms with van der Waals surface area (Å²) in [5, 5.41) is 14.2. The predicted molar refractivity (Wildman–Crippen MR) is 54.8 cm³/mol. The quantitative estimate of drug-likeness (QED) is 0.789. The lowest BCUT2D eigenvalue weighted by atomic mass is 10.0. The van der Waals surface area contributed by atoms with Gasteiger partial charge in [0.25, 0.3) is 0 Å². The first-order valence-corrected chi connectivity index (χ1v) is 5.15. The first-order chi connectivity index (χ1) is 6.49. The van der Waals surface area contributed by atoms with Gasteiger partial charge in [-0.2, -0.15) is 5.10 Å². The van der Waals surface area contributed by atoms with Crippen LogP contribution in [0, 0.1) is 11.3 Å². The molecule has 0 aliphatic heterocycles. The molecule has 2 rings (SSSR count). The van der Waals surface area contributed by atoms with E-state index in [2.05, 4.69) is 18.9 Å². The van der Waals surface area contributed by atoms with Crippen LogP contribution in [0.25, 0.3) is 0 Å². The van der Waals surface area contributed by atoms with Crippen LogP contribution in [0.4, 0.5) is 0 Å². The number of hydrogen-bond donors (Lipinski definition) is 1. The summed E-state index contributed by atoms with van der Waals surface area (Å²) in [6.07, 6.45) is 3.52. The number of rotatable bonds is 3. The lowest BCUT2D eigenvalue weighted by Crippen LogP contribution is -2.16. The highest BCUT2D eigenvalue weighted by Gasteiger charge is 2.49. The monoisotopic (exact) mass is 194 g/mol. The van der Waals surface area contributed by atoms with Crippen molar-refractivity contribution in [2.75, 3.05) is 0 Å². The second-order valence-electron chi connectivity index (χ2n) is 5.05. The van der Waals surface area contributed by atoms with E-state index in [9.17, 15) is 5.11 Å². The third kappa shape index (κ3) is 1.82. The van der Waals surface area contributed by atoms with Crippen LogP contribution in [0.1, 0.15) is 26.0 Å². The molecule has 2 unspecified atom stereocenters. The Labute approximate surface area is 84.7 Å². The lowest BCUT2D eigenvalue weighted by Gasteiger charge is -2.10. The van der Waals surface area contributed by atoms with E-state index in [4.69, 9.17) is 0 Å². The molecule has 3 heteroatoms. The normalized spacial score (nSPS) is 26.1. The van der Waals surface area contributed by atoms with Gasteiger partial charge in [0.2, 0.25) is 0 Å². The highest BCUT2D eigenvalue weighted by molar-refractivity contribution is 5.06. The zero-order valence-corrected chi connectivity index (χ0v) is 9.07. The molecular formula is C11H18N2O. The van der Waals surface area contributed by atoms with E-state index in [1.54, 1.807) is 4.68 Å². The second-order valence-corrected chi connectivity index (χ2v) is 5.05. The molecule has 1 aromatic heterocycles. The summed E-state index contributed by atoms with van der Waals surface area (Å²) in [7, 11) is 1.90. The van der Waals surface area contributed by atoms with E-state index >= 15 is 0 Å². The van der Waals surface area contributed by atoms with E-state index in [1.165, 1.54) is 0 Å². The van der Waals surface area contributed by atoms with Gasteiger partial charge in [0.05, 0.1) is 11.8 Å². The molecule has 0 spiro atoms. The summed E-state index contributed by atoms with van der Waals surface area (Å²) >= 11 is 0. The summed E-state index contributed by atoms with van der Waals surface area (Å²) in [5.74, 6) is 0.463. The highest BCUT2D eigenvalue weighted by Crippen LogP contribution is 2.53. The molecule has 0 radical (unpaired) electrons. The number of aliphatic hydroxyl groups is 1. The molecule has 0 saturated heterocycles. The lowest BCUT2D eigenvalue weighted by molar-refractivity contribution is 0.135. The van der Waals surface area contributed by atoms with Gasteiger partial charge >= 0.3 is 0 Å². The Hall–Kier alpha value is -0.830. The molecule has 0 bridgehead atoms. The van der Waals surface area contributed by atoms with Gasteiger partial charge in [0, 0.05) is 19.7 Å². The molecular weight excluding hydrogens is 176 g/mol. The Morgan fingerprint density at radius 3 is 2.79 bits per heavy atom. The van der Waals surface area contributed by atoms with Gasteiger partial charge in [0.1, 0.15) is 0 Å². The van der Waals surface area contributed by atoms with Gasteiger partial charge in [-0.3, -0.25) is 4.68 Å². The minimum absolute atomic E-state index is 0.222. The van der Waals surface area contributed by atoms with E-state index in [0.717, 1.165) is 12.1 Å². The van der Waals surface area contributed by atoms with Crippen molar-refractivity contribution in [3.8, 4) is 0 Å². The molecule has 1 N–H and O–H groups in total. The maximum absolute atomic E-state index is 9.94. The van der Waals surface area contributed by atoms with Crippen molar-refractivity contribution in [3.05, 3.63) is 18.0 Å². The molecule has 1 aromatic rings. The van der Waals surface area contributed by atoms with Crippen molar-refractivity contribution in [1.82, 2.24) is 9.78 Å². The van der Waals surface area contributed by atoms with Gasteiger partial charge in [0.15, 0.2) is 0 Å². The zero-order chi connectivity index (χ0) is 10.3. The molecule has 1 heterocycles. The van der Waals surface area contributed by atoms with Crippen LogP contribution in [0.3, 0.4) is 0 Å². The van der Waals surface area contributed by atoms with Crippen LogP contribution in [0.5, 0.6) is 0 Å². The molecule has 1 aliphatic rings. The Morgan fingerprint density at radius 1 is 1.71 bits per heavy atom. The average Bonchev–Trinajstić information content (AvgIpc) is 2.51. The van der Waals surface area contributed by atoms with Crippen LogP contribution < -0.4 is 0 Å². The average molecular weight is 194 g/mol. The fraction of sp³-hybridized carbons (Fsp3) is 0.727. The molecule has 0 aromatic carbocycles. The van der Waals surface area contributed by atoms with E-state index in [1.807, 2.05) is 19.3 Å². The maximum atomic E-state index is 9.94. The van der Waals surface area contributed by atoms with E-state index < -0.39 is 0 Å². The number of aryl methyl sites for hydroxylation is 1. The summed E-state index contributed by atoms with van der Waals surface area (Å²) in [4.78, 5) is 0. The predicted octanol–water partition coefficient (Wildman–Crippen LogP) is 1.37. The third-order valence-electron chi connectivity index (χ3n) is 3.24. The van der Waals surface area contributed by atoms with Crippen molar-refractivity contribution in [1.29, 1.82) is 0 Å². The van der Waals surface area contributed by atoms with Crippen LogP contribution in [0.15, 0.2) is 12.3 Å². The second kappa shape index (κ2) is 3.09. The fourth-order valence-corrected chi connectivity index (χ4v) is 2.09. The van der Waals surface area contributed by atoms with E-state index in [-0.39, 0.29) is 6.10 Å². The molecule has 2 atom stereocenters. The Morgan fingerprint density at radius 2 is 2.36 bits per heavy atom. The van der Waals surface area contributed by atoms with Gasteiger partial charge in [-0.1, -0.05) is 13.8 Å². The Balaban J connectivity index is 1.93. The first kappa shape index (κ1) is 9.71. The standard InChI is InChI=1S/C11H18N2O/c1-11(2)7-9(11)10(14)6-8-4-5-13(3)12-8/h4-5,9-10,14H,6-7H2,1-3H3. The minimum atomic E-state index is -0.222. The van der Waals surface area contributed by atoms with Crippen molar-refractivity contribution in [3.63, 3.8) is 0 Å². The van der Waals surface area contributed by atoms with Crippen LogP contribution in [-0.4, -0.2) is 21.0 Å². The number of hydrogen-bond acceptors (Lipinski definition) is 2. The van der Waals surface area contributed by atoms with Crippen LogP contribution in [0.2, 0.25) is 0 Å². The van der Waals surface area contributed by atoms with Gasteiger partial charge < -0.3 is 5.11 Å². The van der Waals surface area contributed by atoms with Crippen LogP contribution >= 0.6 is 0 Å². The van der Waals surface area contributed by atoms with Crippen molar-refractivity contribution < 1.29 is 5.11 Å². The molecule has 3 nitrogen and oxygen atoms in total. The molecule has 14 heavy (non-hydrogen) atoms. The van der Waals surface area contributed by atoms with Crippen LogP contribution in [-0.2, 0) is 13.5 Å². The van der Waals surface area contributed by atoms with Gasteiger partial charge in [-0.05, 0) is 23.8 Å². The maximum Gasteiger partial charge on any atom is 0.0650 e. The topological polar surface area (TPSA) is 38.0 Å². The van der Waals surface area contributed by atoms with E-state index in [0.29, 0.717) is 17.8 Å². The SMILES string of the molecule is Cn1ccc(CC(O)C2CC2(C)C)n1. The third-order valence-corrected chi connectivity index (χ3v) is 3.24. The van der Waals surface area contributed by atoms with Crippen molar-refractivity contribution in [2.45, 2.75) is 32.8 Å². The first-order valence-electron chi connectivity index (χ1n) is 5.15. The number of nitrogens with zero attached hydrogens (tertiary/aromatic N) is 2. The fourth-order valence-electron chi connectivity index (χ4n) is 2.09. The molecule has 1 saturated carbocycles. The highest BCUT2D eigenvalue weighted by atomic mass is 16.3. The summed E-state index contributed by atoms with van der Waals surface area (Å²) in [6.45, 7) is 4.42. The smallest absolute Gasteiger partial charge is 0.0650 e. The molecule has 1 fully saturated rings. The molecule has 0 amide bonds. The number of aliphatic hydroxyl groups excluding tert-OH is 1. The van der Waals surface area contributed by atoms with Gasteiger partial charge in [-0.25, -0.2) is 0 Å². The Bertz CT molecular complexity index is 330. The molecule has 78 valence electrons. The van der Waals surface area contributed by atoms with Crippen molar-refractivity contribution >= 4 is 0 Å².